The monoisotopic (exact) mass is 464 g/mol. The number of benzene rings is 3. The number of fused-ring (bicyclic) bond motifs is 1. The molecule has 0 atom stereocenters. The van der Waals surface area contributed by atoms with Crippen LogP contribution in [0.4, 0.5) is 26.3 Å². The van der Waals surface area contributed by atoms with Gasteiger partial charge in [-0.25, -0.2) is 26.3 Å². The zero-order valence-electron chi connectivity index (χ0n) is 17.2. The van der Waals surface area contributed by atoms with Gasteiger partial charge in [0, 0.05) is 31.8 Å². The fourth-order valence-corrected chi connectivity index (χ4v) is 5.11. The number of hydrogen-bond acceptors (Lipinski definition) is 1. The molecule has 0 aliphatic carbocycles. The van der Waals surface area contributed by atoms with E-state index in [9.17, 15) is 22.0 Å². The SMILES string of the molecule is CCc1ccc(-c2ccc(-c3cc4ccc(CC)c(C(F)F)c4s3)c(F)c2F)c(F)c1F. The molecular formula is C25H18F6S. The number of halogens is 6. The van der Waals surface area contributed by atoms with Crippen molar-refractivity contribution < 1.29 is 26.3 Å². The normalized spacial score (nSPS) is 11.7. The molecule has 0 saturated carbocycles. The first-order chi connectivity index (χ1) is 15.3. The number of aryl methyl sites for hydroxylation is 2. The molecule has 1 heterocycles. The zero-order valence-corrected chi connectivity index (χ0v) is 18.0. The molecule has 1 aromatic heterocycles. The first-order valence-electron chi connectivity index (χ1n) is 10.1. The molecule has 0 aliphatic rings. The summed E-state index contributed by atoms with van der Waals surface area (Å²) in [6.07, 6.45) is -2.03. The van der Waals surface area contributed by atoms with Gasteiger partial charge in [-0.2, -0.15) is 0 Å². The van der Waals surface area contributed by atoms with E-state index in [4.69, 9.17) is 0 Å². The van der Waals surface area contributed by atoms with E-state index in [0.717, 1.165) is 11.3 Å². The van der Waals surface area contributed by atoms with Crippen LogP contribution in [0.15, 0.2) is 42.5 Å². The van der Waals surface area contributed by atoms with Gasteiger partial charge in [0.2, 0.25) is 0 Å². The second-order valence-electron chi connectivity index (χ2n) is 7.36. The number of alkyl halides is 2. The molecule has 0 fully saturated rings. The van der Waals surface area contributed by atoms with Crippen LogP contribution in [-0.2, 0) is 12.8 Å². The van der Waals surface area contributed by atoms with Gasteiger partial charge in [-0.1, -0.05) is 44.2 Å². The second-order valence-corrected chi connectivity index (χ2v) is 8.42. The van der Waals surface area contributed by atoms with Crippen LogP contribution in [0.2, 0.25) is 0 Å². The Labute approximate surface area is 185 Å². The minimum Gasteiger partial charge on any atom is -0.205 e. The first kappa shape index (κ1) is 22.4. The number of rotatable bonds is 5. The summed E-state index contributed by atoms with van der Waals surface area (Å²) in [6.45, 7) is 3.42. The molecule has 0 radical (unpaired) electrons. The van der Waals surface area contributed by atoms with E-state index in [1.165, 1.54) is 30.3 Å². The van der Waals surface area contributed by atoms with Gasteiger partial charge in [-0.3, -0.25) is 0 Å². The van der Waals surface area contributed by atoms with Crippen molar-refractivity contribution in [2.45, 2.75) is 33.1 Å². The summed E-state index contributed by atoms with van der Waals surface area (Å²) < 4.78 is 86.2. The minimum absolute atomic E-state index is 0.104. The van der Waals surface area contributed by atoms with Crippen LogP contribution >= 0.6 is 11.3 Å². The van der Waals surface area contributed by atoms with Crippen LogP contribution < -0.4 is 0 Å². The summed E-state index contributed by atoms with van der Waals surface area (Å²) >= 11 is 0.949. The molecule has 0 aliphatic heterocycles. The van der Waals surface area contributed by atoms with Crippen LogP contribution in [-0.4, -0.2) is 0 Å². The van der Waals surface area contributed by atoms with E-state index in [1.807, 2.05) is 0 Å². The Bertz CT molecular complexity index is 1320. The molecule has 0 bridgehead atoms. The zero-order chi connectivity index (χ0) is 23.2. The van der Waals surface area contributed by atoms with Crippen molar-refractivity contribution in [1.29, 1.82) is 0 Å². The Hall–Kier alpha value is -2.80. The maximum absolute atomic E-state index is 15.0. The Kier molecular flexibility index (Phi) is 6.03. The molecule has 0 nitrogen and oxygen atoms in total. The van der Waals surface area contributed by atoms with E-state index in [-0.39, 0.29) is 33.6 Å². The van der Waals surface area contributed by atoms with Gasteiger partial charge in [0.25, 0.3) is 6.43 Å². The highest BCUT2D eigenvalue weighted by atomic mass is 32.1. The fourth-order valence-electron chi connectivity index (χ4n) is 3.86. The van der Waals surface area contributed by atoms with Crippen LogP contribution in [0.3, 0.4) is 0 Å². The summed E-state index contributed by atoms with van der Waals surface area (Å²) in [5.74, 6) is -4.91. The molecule has 32 heavy (non-hydrogen) atoms. The van der Waals surface area contributed by atoms with Crippen molar-refractivity contribution in [2.24, 2.45) is 0 Å². The molecule has 0 amide bonds. The molecule has 0 unspecified atom stereocenters. The van der Waals surface area contributed by atoms with Crippen molar-refractivity contribution in [3.63, 3.8) is 0 Å². The van der Waals surface area contributed by atoms with E-state index in [1.54, 1.807) is 26.0 Å². The predicted octanol–water partition coefficient (Wildman–Crippen LogP) is 8.85. The lowest BCUT2D eigenvalue weighted by molar-refractivity contribution is 0.152. The smallest absolute Gasteiger partial charge is 0.205 e. The lowest BCUT2D eigenvalue weighted by atomic mass is 9.98. The maximum Gasteiger partial charge on any atom is 0.265 e. The molecule has 7 heteroatoms. The summed E-state index contributed by atoms with van der Waals surface area (Å²) in [5.41, 5.74) is -0.394. The predicted molar refractivity (Wildman–Crippen MR) is 116 cm³/mol. The number of hydrogen-bond donors (Lipinski definition) is 0. The average molecular weight is 464 g/mol. The Balaban J connectivity index is 1.85. The summed E-state index contributed by atoms with van der Waals surface area (Å²) in [5, 5.41) is 0.504. The van der Waals surface area contributed by atoms with E-state index < -0.39 is 35.3 Å². The van der Waals surface area contributed by atoms with Gasteiger partial charge >= 0.3 is 0 Å². The lowest BCUT2D eigenvalue weighted by Crippen LogP contribution is -1.99. The highest BCUT2D eigenvalue weighted by molar-refractivity contribution is 7.22. The molecule has 0 N–H and O–H groups in total. The second kappa shape index (κ2) is 8.62. The third kappa shape index (κ3) is 3.58. The van der Waals surface area contributed by atoms with Gasteiger partial charge in [0.05, 0.1) is 0 Å². The maximum atomic E-state index is 15.0. The van der Waals surface area contributed by atoms with Crippen molar-refractivity contribution in [1.82, 2.24) is 0 Å². The molecule has 3 aromatic carbocycles. The molecule has 4 rings (SSSR count). The lowest BCUT2D eigenvalue weighted by Gasteiger charge is -2.11. The Morgan fingerprint density at radius 1 is 0.688 bits per heavy atom. The highest BCUT2D eigenvalue weighted by Crippen LogP contribution is 2.42. The van der Waals surface area contributed by atoms with Gasteiger partial charge in [-0.15, -0.1) is 11.3 Å². The molecule has 4 aromatic rings. The van der Waals surface area contributed by atoms with Crippen LogP contribution in [0.1, 0.15) is 37.0 Å². The van der Waals surface area contributed by atoms with Crippen LogP contribution in [0.5, 0.6) is 0 Å². The van der Waals surface area contributed by atoms with Gasteiger partial charge in [-0.05, 0) is 41.5 Å². The first-order valence-corrected chi connectivity index (χ1v) is 10.9. The molecule has 0 saturated heterocycles. The van der Waals surface area contributed by atoms with Crippen LogP contribution in [0.25, 0.3) is 31.7 Å². The molecule has 0 spiro atoms. The van der Waals surface area contributed by atoms with E-state index in [0.29, 0.717) is 22.1 Å². The van der Waals surface area contributed by atoms with Crippen molar-refractivity contribution >= 4 is 21.4 Å². The highest BCUT2D eigenvalue weighted by Gasteiger charge is 2.23. The average Bonchev–Trinajstić information content (AvgIpc) is 3.20. The standard InChI is InChI=1S/C25H18F6S/c1-3-12-5-6-14-11-18(32-24(14)19(12)25(30)31)17-10-9-16(22(28)23(17)29)15-8-7-13(4-2)20(26)21(15)27/h5-11,25H,3-4H2,1-2H3. The third-order valence-electron chi connectivity index (χ3n) is 5.60. The van der Waals surface area contributed by atoms with E-state index >= 15 is 4.39 Å². The Morgan fingerprint density at radius 3 is 1.84 bits per heavy atom. The van der Waals surface area contributed by atoms with Crippen LogP contribution in [0, 0.1) is 23.3 Å². The van der Waals surface area contributed by atoms with Crippen molar-refractivity contribution in [3.8, 4) is 21.6 Å². The van der Waals surface area contributed by atoms with Gasteiger partial charge < -0.3 is 0 Å². The topological polar surface area (TPSA) is 0 Å². The minimum atomic E-state index is -2.70. The molecule has 166 valence electrons. The largest absolute Gasteiger partial charge is 0.265 e. The van der Waals surface area contributed by atoms with Crippen molar-refractivity contribution in [2.75, 3.05) is 0 Å². The number of thiophene rings is 1. The van der Waals surface area contributed by atoms with Gasteiger partial charge in [0.15, 0.2) is 23.3 Å². The van der Waals surface area contributed by atoms with E-state index in [2.05, 4.69) is 0 Å². The quantitative estimate of drug-likeness (QED) is 0.259. The molecular weight excluding hydrogens is 446 g/mol. The summed E-state index contributed by atoms with van der Waals surface area (Å²) in [7, 11) is 0. The van der Waals surface area contributed by atoms with Crippen molar-refractivity contribution in [3.05, 3.63) is 82.4 Å². The third-order valence-corrected chi connectivity index (χ3v) is 6.81. The summed E-state index contributed by atoms with van der Waals surface area (Å²) in [6, 6.07) is 9.80. The summed E-state index contributed by atoms with van der Waals surface area (Å²) in [4.78, 5) is 0.270. The van der Waals surface area contributed by atoms with Gasteiger partial charge in [0.1, 0.15) is 0 Å². The Morgan fingerprint density at radius 2 is 1.22 bits per heavy atom. The fraction of sp³-hybridized carbons (Fsp3) is 0.200.